The van der Waals surface area contributed by atoms with E-state index in [2.05, 4.69) is 43.0 Å². The smallest absolute Gasteiger partial charge is 0.119 e. The van der Waals surface area contributed by atoms with Gasteiger partial charge in [-0.1, -0.05) is 68.0 Å². The summed E-state index contributed by atoms with van der Waals surface area (Å²) >= 11 is 0. The van der Waals surface area contributed by atoms with Gasteiger partial charge in [0.15, 0.2) is 0 Å². The third-order valence-corrected chi connectivity index (χ3v) is 4.04. The number of ether oxygens (including phenoxy) is 1. The molecule has 0 amide bonds. The van der Waals surface area contributed by atoms with E-state index in [9.17, 15) is 0 Å². The largest absolute Gasteiger partial charge is 0.494 e. The molecule has 0 aliphatic rings. The van der Waals surface area contributed by atoms with Gasteiger partial charge in [-0.2, -0.15) is 0 Å². The van der Waals surface area contributed by atoms with Crippen molar-refractivity contribution in [1.82, 2.24) is 0 Å². The highest BCUT2D eigenvalue weighted by atomic mass is 16.5. The highest BCUT2D eigenvalue weighted by Gasteiger charge is 1.93. The van der Waals surface area contributed by atoms with Crippen LogP contribution in [-0.2, 0) is 6.42 Å². The summed E-state index contributed by atoms with van der Waals surface area (Å²) < 4.78 is 5.43. The number of hydrogen-bond donors (Lipinski definition) is 0. The lowest BCUT2D eigenvalue weighted by Crippen LogP contribution is -1.90. The van der Waals surface area contributed by atoms with Crippen LogP contribution in [0.2, 0.25) is 0 Å². The number of hydrogen-bond acceptors (Lipinski definition) is 1. The Morgan fingerprint density at radius 1 is 0.769 bits per heavy atom. The molecule has 0 aliphatic carbocycles. The van der Waals surface area contributed by atoms with Gasteiger partial charge in [0.05, 0.1) is 6.61 Å². The zero-order valence-electron chi connectivity index (χ0n) is 15.9. The summed E-state index contributed by atoms with van der Waals surface area (Å²) in [6.07, 6.45) is 12.8. The minimum Gasteiger partial charge on any atom is -0.494 e. The zero-order valence-corrected chi connectivity index (χ0v) is 15.9. The van der Waals surface area contributed by atoms with Crippen LogP contribution in [-0.4, -0.2) is 6.61 Å². The van der Waals surface area contributed by atoms with E-state index in [1.165, 1.54) is 36.8 Å². The Bertz CT molecular complexity index is 753. The summed E-state index contributed by atoms with van der Waals surface area (Å²) in [4.78, 5) is 0. The van der Waals surface area contributed by atoms with Crippen LogP contribution in [0.3, 0.4) is 0 Å². The van der Waals surface area contributed by atoms with E-state index in [0.29, 0.717) is 6.61 Å². The minimum atomic E-state index is 0.689. The first-order valence-corrected chi connectivity index (χ1v) is 9.47. The Morgan fingerprint density at radius 3 is 1.88 bits per heavy atom. The normalized spacial score (nSPS) is 10.8. The standard InChI is InChI=1S/C25H28O/c1-3-5-8-11-22-14-16-23(17-15-22)12-9-6-7-10-13-24-18-20-25(21-19-24)26-4-2/h9-10,12-21H,3-5,8,11H2,1-2H3/b12-9+,13-10+. The fraction of sp³-hybridized carbons (Fsp3) is 0.280. The quantitative estimate of drug-likeness (QED) is 0.390. The topological polar surface area (TPSA) is 9.23 Å². The first-order chi connectivity index (χ1) is 12.8. The molecule has 0 heterocycles. The molecule has 26 heavy (non-hydrogen) atoms. The van der Waals surface area contributed by atoms with Crippen molar-refractivity contribution in [3.63, 3.8) is 0 Å². The molecular formula is C25H28O. The van der Waals surface area contributed by atoms with Crippen molar-refractivity contribution in [3.8, 4) is 17.6 Å². The lowest BCUT2D eigenvalue weighted by Gasteiger charge is -2.01. The number of allylic oxidation sites excluding steroid dienone is 2. The third kappa shape index (κ3) is 7.45. The van der Waals surface area contributed by atoms with Crippen molar-refractivity contribution < 1.29 is 4.74 Å². The van der Waals surface area contributed by atoms with Gasteiger partial charge < -0.3 is 4.74 Å². The van der Waals surface area contributed by atoms with Gasteiger partial charge in [-0.15, -0.1) is 0 Å². The van der Waals surface area contributed by atoms with E-state index in [1.807, 2.05) is 55.5 Å². The van der Waals surface area contributed by atoms with Crippen molar-refractivity contribution in [3.05, 3.63) is 77.4 Å². The Kier molecular flexibility index (Phi) is 8.87. The Balaban J connectivity index is 1.81. The SMILES string of the molecule is CCCCCc1ccc(/C=C/C#C/C=C/c2ccc(OCC)cc2)cc1. The minimum absolute atomic E-state index is 0.689. The highest BCUT2D eigenvalue weighted by molar-refractivity contribution is 5.56. The number of unbranched alkanes of at least 4 members (excludes halogenated alkanes) is 2. The van der Waals surface area contributed by atoms with Crippen molar-refractivity contribution >= 4 is 12.2 Å². The lowest BCUT2D eigenvalue weighted by molar-refractivity contribution is 0.340. The fourth-order valence-electron chi connectivity index (χ4n) is 2.59. The molecular weight excluding hydrogens is 316 g/mol. The van der Waals surface area contributed by atoms with Crippen LogP contribution in [0, 0.1) is 11.8 Å². The molecule has 0 unspecified atom stereocenters. The summed E-state index contributed by atoms with van der Waals surface area (Å²) in [6.45, 7) is 4.91. The summed E-state index contributed by atoms with van der Waals surface area (Å²) in [6, 6.07) is 16.8. The summed E-state index contributed by atoms with van der Waals surface area (Å²) in [5, 5.41) is 0. The molecule has 2 aromatic rings. The van der Waals surface area contributed by atoms with Crippen LogP contribution in [0.5, 0.6) is 5.75 Å². The van der Waals surface area contributed by atoms with E-state index in [0.717, 1.165) is 11.3 Å². The molecule has 0 atom stereocenters. The van der Waals surface area contributed by atoms with Gasteiger partial charge in [-0.25, -0.2) is 0 Å². The van der Waals surface area contributed by atoms with Crippen LogP contribution >= 0.6 is 0 Å². The van der Waals surface area contributed by atoms with E-state index >= 15 is 0 Å². The Labute approximate surface area is 158 Å². The van der Waals surface area contributed by atoms with Crippen molar-refractivity contribution in [2.75, 3.05) is 6.61 Å². The maximum absolute atomic E-state index is 5.43. The van der Waals surface area contributed by atoms with Gasteiger partial charge in [-0.3, -0.25) is 0 Å². The van der Waals surface area contributed by atoms with Crippen molar-refractivity contribution in [2.45, 2.75) is 39.5 Å². The molecule has 2 rings (SSSR count). The molecule has 2 aromatic carbocycles. The van der Waals surface area contributed by atoms with Crippen molar-refractivity contribution in [1.29, 1.82) is 0 Å². The number of aryl methyl sites for hydroxylation is 1. The summed E-state index contributed by atoms with van der Waals surface area (Å²) in [5.74, 6) is 6.99. The lowest BCUT2D eigenvalue weighted by atomic mass is 10.1. The van der Waals surface area contributed by atoms with Crippen LogP contribution in [0.25, 0.3) is 12.2 Å². The zero-order chi connectivity index (χ0) is 18.5. The van der Waals surface area contributed by atoms with Gasteiger partial charge in [0.25, 0.3) is 0 Å². The highest BCUT2D eigenvalue weighted by Crippen LogP contribution is 2.13. The van der Waals surface area contributed by atoms with Crippen LogP contribution in [0.4, 0.5) is 0 Å². The molecule has 0 spiro atoms. The average molecular weight is 344 g/mol. The molecule has 0 saturated carbocycles. The number of benzene rings is 2. The van der Waals surface area contributed by atoms with E-state index < -0.39 is 0 Å². The molecule has 1 nitrogen and oxygen atoms in total. The Hall–Kier alpha value is -2.72. The van der Waals surface area contributed by atoms with Gasteiger partial charge >= 0.3 is 0 Å². The van der Waals surface area contributed by atoms with Gasteiger partial charge in [0, 0.05) is 0 Å². The number of rotatable bonds is 8. The van der Waals surface area contributed by atoms with Gasteiger partial charge in [-0.05, 0) is 72.9 Å². The van der Waals surface area contributed by atoms with Crippen LogP contribution in [0.15, 0.2) is 60.7 Å². The average Bonchev–Trinajstić information content (AvgIpc) is 2.67. The predicted molar refractivity (Wildman–Crippen MR) is 113 cm³/mol. The first-order valence-electron chi connectivity index (χ1n) is 9.47. The fourth-order valence-corrected chi connectivity index (χ4v) is 2.59. The van der Waals surface area contributed by atoms with E-state index in [-0.39, 0.29) is 0 Å². The van der Waals surface area contributed by atoms with E-state index in [1.54, 1.807) is 0 Å². The molecule has 134 valence electrons. The second kappa shape index (κ2) is 11.8. The molecule has 0 N–H and O–H groups in total. The van der Waals surface area contributed by atoms with Gasteiger partial charge in [0.2, 0.25) is 0 Å². The van der Waals surface area contributed by atoms with E-state index in [4.69, 9.17) is 4.74 Å². The predicted octanol–water partition coefficient (Wildman–Crippen LogP) is 6.55. The second-order valence-corrected chi connectivity index (χ2v) is 6.16. The molecule has 0 bridgehead atoms. The van der Waals surface area contributed by atoms with Crippen molar-refractivity contribution in [2.24, 2.45) is 0 Å². The maximum Gasteiger partial charge on any atom is 0.119 e. The third-order valence-electron chi connectivity index (χ3n) is 4.04. The summed E-state index contributed by atoms with van der Waals surface area (Å²) in [5.41, 5.74) is 3.72. The van der Waals surface area contributed by atoms with Crippen LogP contribution in [0.1, 0.15) is 49.8 Å². The molecule has 0 aliphatic heterocycles. The molecule has 1 heteroatoms. The molecule has 0 fully saturated rings. The van der Waals surface area contributed by atoms with Gasteiger partial charge in [0.1, 0.15) is 5.75 Å². The molecule has 0 aromatic heterocycles. The first kappa shape index (κ1) is 19.6. The molecule has 0 saturated heterocycles. The monoisotopic (exact) mass is 344 g/mol. The maximum atomic E-state index is 5.43. The molecule has 0 radical (unpaired) electrons. The van der Waals surface area contributed by atoms with Crippen LogP contribution < -0.4 is 4.74 Å². The summed E-state index contributed by atoms with van der Waals surface area (Å²) in [7, 11) is 0. The second-order valence-electron chi connectivity index (χ2n) is 6.16. The Morgan fingerprint density at radius 2 is 1.35 bits per heavy atom.